The molecule has 0 aromatic rings. The normalized spacial score (nSPS) is 15.7. The molecule has 0 radical (unpaired) electrons. The second kappa shape index (κ2) is 6.00. The Hall–Kier alpha value is -1.59. The summed E-state index contributed by atoms with van der Waals surface area (Å²) < 4.78 is 0. The Bertz CT molecular complexity index is 271. The van der Waals surface area contributed by atoms with Gasteiger partial charge in [-0.25, -0.2) is 0 Å². The number of hydrogen-bond donors (Lipinski definition) is 3. The number of aliphatic imine (C=N–C) groups is 1. The summed E-state index contributed by atoms with van der Waals surface area (Å²) in [6, 6.07) is 0. The van der Waals surface area contributed by atoms with Gasteiger partial charge in [-0.2, -0.15) is 0 Å². The first-order chi connectivity index (χ1) is 6.84. The van der Waals surface area contributed by atoms with Crippen molar-refractivity contribution in [1.82, 2.24) is 0 Å². The SMILES string of the molecule is CC(N)=NCC(C)C(CC(=O)O)C(=O)O. The highest BCUT2D eigenvalue weighted by atomic mass is 16.4. The quantitative estimate of drug-likeness (QED) is 0.433. The molecule has 0 rings (SSSR count). The molecule has 0 aromatic heterocycles. The van der Waals surface area contributed by atoms with E-state index in [1.165, 1.54) is 0 Å². The molecule has 6 heteroatoms. The zero-order chi connectivity index (χ0) is 12.0. The summed E-state index contributed by atoms with van der Waals surface area (Å²) in [6.07, 6.45) is -0.393. The van der Waals surface area contributed by atoms with Crippen LogP contribution < -0.4 is 5.73 Å². The summed E-state index contributed by atoms with van der Waals surface area (Å²) in [4.78, 5) is 25.1. The minimum atomic E-state index is -1.12. The van der Waals surface area contributed by atoms with Gasteiger partial charge in [-0.15, -0.1) is 0 Å². The van der Waals surface area contributed by atoms with Crippen molar-refractivity contribution in [2.24, 2.45) is 22.6 Å². The summed E-state index contributed by atoms with van der Waals surface area (Å²) >= 11 is 0. The van der Waals surface area contributed by atoms with E-state index in [1.54, 1.807) is 13.8 Å². The molecule has 15 heavy (non-hydrogen) atoms. The third kappa shape index (κ3) is 5.66. The number of aliphatic carboxylic acids is 2. The fourth-order valence-electron chi connectivity index (χ4n) is 1.14. The summed E-state index contributed by atoms with van der Waals surface area (Å²) in [5.41, 5.74) is 5.30. The topological polar surface area (TPSA) is 113 Å². The molecule has 0 spiro atoms. The van der Waals surface area contributed by atoms with E-state index in [9.17, 15) is 9.59 Å². The minimum Gasteiger partial charge on any atom is -0.481 e. The van der Waals surface area contributed by atoms with Crippen LogP contribution in [0.15, 0.2) is 4.99 Å². The highest BCUT2D eigenvalue weighted by Gasteiger charge is 2.26. The fraction of sp³-hybridized carbons (Fsp3) is 0.667. The summed E-state index contributed by atoms with van der Waals surface area (Å²) in [5, 5.41) is 17.3. The average Bonchev–Trinajstić information content (AvgIpc) is 2.09. The van der Waals surface area contributed by atoms with E-state index in [1.807, 2.05) is 0 Å². The van der Waals surface area contributed by atoms with Crippen LogP contribution in [0.3, 0.4) is 0 Å². The molecule has 0 saturated heterocycles. The monoisotopic (exact) mass is 216 g/mol. The second-order valence-electron chi connectivity index (χ2n) is 3.50. The van der Waals surface area contributed by atoms with Gasteiger partial charge in [-0.3, -0.25) is 14.6 Å². The molecule has 4 N–H and O–H groups in total. The van der Waals surface area contributed by atoms with Crippen LogP contribution in [-0.4, -0.2) is 34.5 Å². The predicted molar refractivity (Wildman–Crippen MR) is 54.7 cm³/mol. The molecule has 0 heterocycles. The van der Waals surface area contributed by atoms with E-state index in [0.717, 1.165) is 0 Å². The van der Waals surface area contributed by atoms with Crippen molar-refractivity contribution in [3.63, 3.8) is 0 Å². The number of nitrogens with zero attached hydrogens (tertiary/aromatic N) is 1. The largest absolute Gasteiger partial charge is 0.481 e. The number of carboxylic acids is 2. The van der Waals surface area contributed by atoms with E-state index < -0.39 is 24.3 Å². The van der Waals surface area contributed by atoms with Crippen molar-refractivity contribution in [3.05, 3.63) is 0 Å². The Morgan fingerprint density at radius 2 is 1.93 bits per heavy atom. The van der Waals surface area contributed by atoms with Gasteiger partial charge in [-0.1, -0.05) is 6.92 Å². The summed E-state index contributed by atoms with van der Waals surface area (Å²) in [6.45, 7) is 3.47. The first-order valence-electron chi connectivity index (χ1n) is 4.55. The van der Waals surface area contributed by atoms with Crippen molar-refractivity contribution in [1.29, 1.82) is 0 Å². The molecule has 2 unspecified atom stereocenters. The first-order valence-corrected chi connectivity index (χ1v) is 4.55. The lowest BCUT2D eigenvalue weighted by Crippen LogP contribution is -2.27. The zero-order valence-electron chi connectivity index (χ0n) is 8.80. The van der Waals surface area contributed by atoms with E-state index in [4.69, 9.17) is 15.9 Å². The Labute approximate surface area is 87.8 Å². The van der Waals surface area contributed by atoms with Crippen molar-refractivity contribution in [2.45, 2.75) is 20.3 Å². The van der Waals surface area contributed by atoms with E-state index in [-0.39, 0.29) is 12.5 Å². The molecule has 0 aliphatic carbocycles. The van der Waals surface area contributed by atoms with E-state index in [0.29, 0.717) is 5.84 Å². The van der Waals surface area contributed by atoms with Crippen LogP contribution in [0, 0.1) is 11.8 Å². The number of nitrogens with two attached hydrogens (primary N) is 1. The van der Waals surface area contributed by atoms with Crippen LogP contribution in [0.1, 0.15) is 20.3 Å². The molecule has 0 fully saturated rings. The molecular formula is C9H16N2O4. The lowest BCUT2D eigenvalue weighted by Gasteiger charge is -2.16. The predicted octanol–water partition coefficient (Wildman–Crippen LogP) is 0.175. The van der Waals surface area contributed by atoms with Gasteiger partial charge in [0.25, 0.3) is 0 Å². The van der Waals surface area contributed by atoms with Gasteiger partial charge in [0.2, 0.25) is 0 Å². The number of rotatable bonds is 6. The maximum atomic E-state index is 10.8. The van der Waals surface area contributed by atoms with Gasteiger partial charge in [0.1, 0.15) is 0 Å². The number of carbonyl (C=O) groups is 2. The standard InChI is InChI=1S/C9H16N2O4/c1-5(4-11-6(2)10)7(9(14)15)3-8(12)13/h5,7H,3-4H2,1-2H3,(H2,10,11)(H,12,13)(H,14,15). The third-order valence-electron chi connectivity index (χ3n) is 2.03. The molecule has 0 saturated carbocycles. The van der Waals surface area contributed by atoms with Crippen molar-refractivity contribution in [3.8, 4) is 0 Å². The van der Waals surface area contributed by atoms with Crippen molar-refractivity contribution >= 4 is 17.8 Å². The lowest BCUT2D eigenvalue weighted by molar-refractivity contribution is -0.149. The molecule has 0 bridgehead atoms. The molecule has 86 valence electrons. The molecule has 0 aliphatic rings. The summed E-state index contributed by atoms with van der Waals surface area (Å²) in [5.74, 6) is -3.15. The Balaban J connectivity index is 4.42. The van der Waals surface area contributed by atoms with Gasteiger partial charge >= 0.3 is 11.9 Å². The Kier molecular flexibility index (Phi) is 5.36. The molecular weight excluding hydrogens is 200 g/mol. The average molecular weight is 216 g/mol. The fourth-order valence-corrected chi connectivity index (χ4v) is 1.14. The van der Waals surface area contributed by atoms with Crippen LogP contribution in [0.2, 0.25) is 0 Å². The highest BCUT2D eigenvalue weighted by Crippen LogP contribution is 2.16. The van der Waals surface area contributed by atoms with Gasteiger partial charge < -0.3 is 15.9 Å². The highest BCUT2D eigenvalue weighted by molar-refractivity contribution is 5.78. The Morgan fingerprint density at radius 1 is 1.40 bits per heavy atom. The maximum Gasteiger partial charge on any atom is 0.307 e. The van der Waals surface area contributed by atoms with Crippen LogP contribution in [0.5, 0.6) is 0 Å². The van der Waals surface area contributed by atoms with E-state index >= 15 is 0 Å². The van der Waals surface area contributed by atoms with Crippen LogP contribution >= 0.6 is 0 Å². The molecule has 0 aliphatic heterocycles. The zero-order valence-corrected chi connectivity index (χ0v) is 8.80. The maximum absolute atomic E-state index is 10.8. The number of carboxylic acid groups (broad SMARTS) is 2. The first kappa shape index (κ1) is 13.4. The van der Waals surface area contributed by atoms with Gasteiger partial charge in [0, 0.05) is 6.54 Å². The molecule has 0 aromatic carbocycles. The van der Waals surface area contributed by atoms with Crippen LogP contribution in [-0.2, 0) is 9.59 Å². The van der Waals surface area contributed by atoms with Gasteiger partial charge in [-0.05, 0) is 12.8 Å². The van der Waals surface area contributed by atoms with Crippen LogP contribution in [0.25, 0.3) is 0 Å². The third-order valence-corrected chi connectivity index (χ3v) is 2.03. The van der Waals surface area contributed by atoms with Crippen molar-refractivity contribution in [2.75, 3.05) is 6.54 Å². The van der Waals surface area contributed by atoms with Gasteiger partial charge in [0.15, 0.2) is 0 Å². The molecule has 0 amide bonds. The second-order valence-corrected chi connectivity index (χ2v) is 3.50. The molecule has 6 nitrogen and oxygen atoms in total. The number of hydrogen-bond acceptors (Lipinski definition) is 3. The minimum absolute atomic E-state index is 0.229. The number of amidine groups is 1. The Morgan fingerprint density at radius 3 is 2.27 bits per heavy atom. The summed E-state index contributed by atoms with van der Waals surface area (Å²) in [7, 11) is 0. The smallest absolute Gasteiger partial charge is 0.307 e. The van der Waals surface area contributed by atoms with E-state index in [2.05, 4.69) is 4.99 Å². The molecule has 2 atom stereocenters. The lowest BCUT2D eigenvalue weighted by atomic mass is 9.91. The van der Waals surface area contributed by atoms with Gasteiger partial charge in [0.05, 0.1) is 18.2 Å². The van der Waals surface area contributed by atoms with Crippen molar-refractivity contribution < 1.29 is 19.8 Å². The van der Waals surface area contributed by atoms with Crippen LogP contribution in [0.4, 0.5) is 0 Å².